The van der Waals surface area contributed by atoms with E-state index in [2.05, 4.69) is 26.6 Å². The largest absolute Gasteiger partial charge is 0.338 e. The standard InChI is InChI=1S/C28H24FN9O2/c29-22-14-18(15-31)4-7-21(22)26(40)36-12-9-28(8-11-30,10-13-36)37-17-20(16-32-37)23-2-1-3-24-33-27(35-38(23)24)34-25(39)19-5-6-19/h1-4,7,14,16-17,19H,5-6,8-10,12-13H2,(H,34,35,39). The molecule has 1 aliphatic heterocycles. The molecule has 2 aliphatic rings. The number of hydrogen-bond acceptors (Lipinski definition) is 7. The maximum atomic E-state index is 14.5. The molecule has 0 bridgehead atoms. The number of fused-ring (bicyclic) bond motifs is 1. The number of anilines is 1. The van der Waals surface area contributed by atoms with E-state index in [-0.39, 0.29) is 35.3 Å². The summed E-state index contributed by atoms with van der Waals surface area (Å²) in [5, 5.41) is 30.5. The van der Waals surface area contributed by atoms with Crippen LogP contribution in [0.2, 0.25) is 0 Å². The quantitative estimate of drug-likeness (QED) is 0.396. The summed E-state index contributed by atoms with van der Waals surface area (Å²) < 4.78 is 17.9. The van der Waals surface area contributed by atoms with E-state index in [0.717, 1.165) is 30.2 Å². The number of piperidine rings is 1. The molecule has 4 heterocycles. The summed E-state index contributed by atoms with van der Waals surface area (Å²) in [5.74, 6) is -0.974. The van der Waals surface area contributed by atoms with Gasteiger partial charge in [0.15, 0.2) is 5.65 Å². The summed E-state index contributed by atoms with van der Waals surface area (Å²) in [5.41, 5.74) is 1.47. The summed E-state index contributed by atoms with van der Waals surface area (Å²) in [4.78, 5) is 31.2. The SMILES string of the molecule is N#CCC1(n2cc(-c3cccc4nc(NC(=O)C5CC5)nn34)cn2)CCN(C(=O)c2ccc(C#N)cc2F)CC1. The van der Waals surface area contributed by atoms with Crippen LogP contribution >= 0.6 is 0 Å². The van der Waals surface area contributed by atoms with Crippen molar-refractivity contribution in [3.63, 3.8) is 0 Å². The number of carbonyl (C=O) groups is 2. The zero-order valence-electron chi connectivity index (χ0n) is 21.4. The van der Waals surface area contributed by atoms with Crippen molar-refractivity contribution in [1.29, 1.82) is 10.5 Å². The number of rotatable bonds is 6. The van der Waals surface area contributed by atoms with Crippen LogP contribution in [-0.4, -0.2) is 54.2 Å². The van der Waals surface area contributed by atoms with Gasteiger partial charge in [-0.15, -0.1) is 5.10 Å². The van der Waals surface area contributed by atoms with Gasteiger partial charge in [-0.2, -0.15) is 20.6 Å². The third-order valence-electron chi connectivity index (χ3n) is 7.63. The molecule has 0 radical (unpaired) electrons. The van der Waals surface area contributed by atoms with Crippen molar-refractivity contribution in [2.45, 2.75) is 37.6 Å². The Kier molecular flexibility index (Phi) is 6.23. The van der Waals surface area contributed by atoms with Crippen molar-refractivity contribution in [2.24, 2.45) is 5.92 Å². The van der Waals surface area contributed by atoms with Gasteiger partial charge in [0.2, 0.25) is 11.9 Å². The van der Waals surface area contributed by atoms with Gasteiger partial charge in [0.25, 0.3) is 5.91 Å². The zero-order valence-corrected chi connectivity index (χ0v) is 21.4. The van der Waals surface area contributed by atoms with Crippen LogP contribution in [0.25, 0.3) is 16.9 Å². The lowest BCUT2D eigenvalue weighted by atomic mass is 9.84. The van der Waals surface area contributed by atoms with Crippen molar-refractivity contribution in [2.75, 3.05) is 18.4 Å². The van der Waals surface area contributed by atoms with Gasteiger partial charge in [0.05, 0.1) is 47.1 Å². The van der Waals surface area contributed by atoms with Crippen molar-refractivity contribution >= 4 is 23.4 Å². The first-order valence-electron chi connectivity index (χ1n) is 13.0. The molecule has 2 fully saturated rings. The maximum absolute atomic E-state index is 14.5. The summed E-state index contributed by atoms with van der Waals surface area (Å²) in [6.07, 6.45) is 6.41. The second-order valence-corrected chi connectivity index (χ2v) is 10.2. The summed E-state index contributed by atoms with van der Waals surface area (Å²) >= 11 is 0. The molecule has 1 saturated carbocycles. The van der Waals surface area contributed by atoms with Gasteiger partial charge in [0.1, 0.15) is 5.82 Å². The molecular formula is C28H24FN9O2. The van der Waals surface area contributed by atoms with Crippen LogP contribution in [0, 0.1) is 34.4 Å². The third kappa shape index (κ3) is 4.54. The molecule has 2 amide bonds. The molecule has 1 saturated heterocycles. The fourth-order valence-electron chi connectivity index (χ4n) is 5.14. The Morgan fingerprint density at radius 3 is 2.65 bits per heavy atom. The van der Waals surface area contributed by atoms with Gasteiger partial charge in [-0.3, -0.25) is 19.6 Å². The average Bonchev–Trinajstić information content (AvgIpc) is 3.55. The van der Waals surface area contributed by atoms with Crippen LogP contribution < -0.4 is 5.32 Å². The van der Waals surface area contributed by atoms with Crippen molar-refractivity contribution in [3.8, 4) is 23.4 Å². The van der Waals surface area contributed by atoms with Gasteiger partial charge in [-0.05, 0) is 56.0 Å². The normalized spacial score (nSPS) is 16.3. The average molecular weight is 538 g/mol. The van der Waals surface area contributed by atoms with Gasteiger partial charge in [-0.1, -0.05) is 6.07 Å². The van der Waals surface area contributed by atoms with E-state index in [0.29, 0.717) is 31.6 Å². The zero-order chi connectivity index (χ0) is 27.9. The van der Waals surface area contributed by atoms with Crippen LogP contribution in [0.4, 0.5) is 10.3 Å². The molecule has 40 heavy (non-hydrogen) atoms. The van der Waals surface area contributed by atoms with Crippen LogP contribution in [0.5, 0.6) is 0 Å². The Morgan fingerprint density at radius 1 is 1.15 bits per heavy atom. The molecule has 1 N–H and O–H groups in total. The number of nitriles is 2. The van der Waals surface area contributed by atoms with E-state index in [1.165, 1.54) is 12.1 Å². The molecular weight excluding hydrogens is 513 g/mol. The number of nitrogens with one attached hydrogen (secondary N) is 1. The van der Waals surface area contributed by atoms with Gasteiger partial charge in [-0.25, -0.2) is 8.91 Å². The third-order valence-corrected chi connectivity index (χ3v) is 7.63. The monoisotopic (exact) mass is 537 g/mol. The number of benzene rings is 1. The first-order chi connectivity index (χ1) is 19.4. The molecule has 0 spiro atoms. The summed E-state index contributed by atoms with van der Waals surface area (Å²) in [7, 11) is 0. The number of likely N-dealkylation sites (tertiary alicyclic amines) is 1. The van der Waals surface area contributed by atoms with E-state index in [4.69, 9.17) is 5.26 Å². The van der Waals surface area contributed by atoms with E-state index in [9.17, 15) is 19.2 Å². The van der Waals surface area contributed by atoms with Crippen molar-refractivity contribution in [1.82, 2.24) is 29.3 Å². The Hall–Kier alpha value is -5.10. The van der Waals surface area contributed by atoms with Crippen LogP contribution in [0.1, 0.15) is 48.0 Å². The Morgan fingerprint density at radius 2 is 1.95 bits per heavy atom. The topological polar surface area (TPSA) is 145 Å². The fraction of sp³-hybridized carbons (Fsp3) is 0.321. The highest BCUT2D eigenvalue weighted by molar-refractivity contribution is 5.94. The number of amides is 2. The van der Waals surface area contributed by atoms with Crippen LogP contribution in [-0.2, 0) is 10.3 Å². The molecule has 3 aromatic heterocycles. The highest BCUT2D eigenvalue weighted by atomic mass is 19.1. The highest BCUT2D eigenvalue weighted by Crippen LogP contribution is 2.35. The molecule has 0 unspecified atom stereocenters. The molecule has 6 rings (SSSR count). The minimum atomic E-state index is -0.729. The number of hydrogen-bond donors (Lipinski definition) is 1. The van der Waals surface area contributed by atoms with Gasteiger partial charge < -0.3 is 4.90 Å². The Bertz CT molecular complexity index is 1720. The van der Waals surface area contributed by atoms with Crippen molar-refractivity contribution in [3.05, 3.63) is 65.7 Å². The maximum Gasteiger partial charge on any atom is 0.256 e. The Balaban J connectivity index is 1.23. The molecule has 200 valence electrons. The lowest BCUT2D eigenvalue weighted by Crippen LogP contribution is -2.48. The number of halogens is 1. The Labute approximate surface area is 228 Å². The summed E-state index contributed by atoms with van der Waals surface area (Å²) in [6.45, 7) is 0.635. The van der Waals surface area contributed by atoms with Gasteiger partial charge >= 0.3 is 0 Å². The fourth-order valence-corrected chi connectivity index (χ4v) is 5.14. The van der Waals surface area contributed by atoms with Gasteiger partial charge in [0, 0.05) is 30.8 Å². The van der Waals surface area contributed by atoms with Crippen molar-refractivity contribution < 1.29 is 14.0 Å². The van der Waals surface area contributed by atoms with E-state index >= 15 is 0 Å². The van der Waals surface area contributed by atoms with E-state index < -0.39 is 17.3 Å². The predicted octanol–water partition coefficient (Wildman–Crippen LogP) is 3.50. The second-order valence-electron chi connectivity index (χ2n) is 10.2. The minimum absolute atomic E-state index is 0.0329. The summed E-state index contributed by atoms with van der Waals surface area (Å²) in [6, 6.07) is 13.5. The van der Waals surface area contributed by atoms with Crippen LogP contribution in [0.3, 0.4) is 0 Å². The molecule has 11 nitrogen and oxygen atoms in total. The number of nitrogens with zero attached hydrogens (tertiary/aromatic N) is 8. The molecule has 12 heteroatoms. The number of pyridine rings is 1. The minimum Gasteiger partial charge on any atom is -0.338 e. The first kappa shape index (κ1) is 25.2. The highest BCUT2D eigenvalue weighted by Gasteiger charge is 2.39. The molecule has 1 aliphatic carbocycles. The number of carbonyl (C=O) groups excluding carboxylic acids is 2. The first-order valence-corrected chi connectivity index (χ1v) is 13.0. The molecule has 1 aromatic carbocycles. The predicted molar refractivity (Wildman–Crippen MR) is 140 cm³/mol. The number of aromatic nitrogens is 5. The molecule has 4 aromatic rings. The lowest BCUT2D eigenvalue weighted by molar-refractivity contribution is -0.117. The van der Waals surface area contributed by atoms with E-state index in [1.807, 2.05) is 24.4 Å². The molecule has 0 atom stereocenters. The lowest BCUT2D eigenvalue weighted by Gasteiger charge is -2.40. The second kappa shape index (κ2) is 9.89. The smallest absolute Gasteiger partial charge is 0.256 e. The van der Waals surface area contributed by atoms with Crippen LogP contribution in [0.15, 0.2) is 48.8 Å². The van der Waals surface area contributed by atoms with E-state index in [1.54, 1.807) is 26.4 Å².